The molecule has 23 heavy (non-hydrogen) atoms. The van der Waals surface area contributed by atoms with Gasteiger partial charge in [-0.1, -0.05) is 38.4 Å². The first-order chi connectivity index (χ1) is 10.8. The van der Waals surface area contributed by atoms with Crippen LogP contribution in [0, 0.1) is 6.92 Å². The number of hydrogen-bond acceptors (Lipinski definition) is 3. The van der Waals surface area contributed by atoms with Crippen molar-refractivity contribution in [1.82, 2.24) is 9.97 Å². The number of methoxy groups -OCH3 is 1. The standard InChI is InChI=1S/C19H24N2OSi/c1-14(18-12-11-17(13-20-18)23(4,5)6)7-9-16-10-8-15(2)21-19(16)22-3/h7-13H,1H2,2-6H3/b9-7+. The molecule has 0 spiro atoms. The van der Waals surface area contributed by atoms with Gasteiger partial charge in [0, 0.05) is 17.5 Å². The number of ether oxygens (including phenoxy) is 1. The lowest BCUT2D eigenvalue weighted by Gasteiger charge is -2.16. The lowest BCUT2D eigenvalue weighted by Crippen LogP contribution is -2.37. The summed E-state index contributed by atoms with van der Waals surface area (Å²) >= 11 is 0. The highest BCUT2D eigenvalue weighted by Gasteiger charge is 2.16. The van der Waals surface area contributed by atoms with E-state index in [0.29, 0.717) is 5.88 Å². The molecule has 0 fully saturated rings. The van der Waals surface area contributed by atoms with Gasteiger partial charge in [0.25, 0.3) is 0 Å². The van der Waals surface area contributed by atoms with E-state index in [1.807, 2.05) is 43.5 Å². The van der Waals surface area contributed by atoms with Crippen molar-refractivity contribution >= 4 is 24.9 Å². The molecule has 0 atom stereocenters. The van der Waals surface area contributed by atoms with Gasteiger partial charge in [0.2, 0.25) is 5.88 Å². The molecule has 0 saturated carbocycles. The fourth-order valence-corrected chi connectivity index (χ4v) is 3.17. The van der Waals surface area contributed by atoms with Crippen LogP contribution in [0.1, 0.15) is 17.0 Å². The van der Waals surface area contributed by atoms with E-state index >= 15 is 0 Å². The predicted molar refractivity (Wildman–Crippen MR) is 101 cm³/mol. The van der Waals surface area contributed by atoms with Gasteiger partial charge in [-0.2, -0.15) is 0 Å². The van der Waals surface area contributed by atoms with Crippen LogP contribution >= 0.6 is 0 Å². The van der Waals surface area contributed by atoms with Gasteiger partial charge in [0.05, 0.1) is 20.9 Å². The molecule has 4 heteroatoms. The molecular formula is C19H24N2OSi. The third-order valence-electron chi connectivity index (χ3n) is 3.64. The molecule has 0 saturated heterocycles. The Hall–Kier alpha value is -2.20. The number of pyridine rings is 2. The van der Waals surface area contributed by atoms with Crippen LogP contribution in [0.2, 0.25) is 19.6 Å². The largest absolute Gasteiger partial charge is 0.481 e. The summed E-state index contributed by atoms with van der Waals surface area (Å²) in [5.74, 6) is 0.621. The molecule has 0 aromatic carbocycles. The van der Waals surface area contributed by atoms with Gasteiger partial charge in [-0.3, -0.25) is 4.98 Å². The number of allylic oxidation sites excluding steroid dienone is 2. The summed E-state index contributed by atoms with van der Waals surface area (Å²) in [5, 5.41) is 1.35. The van der Waals surface area contributed by atoms with Gasteiger partial charge in [0.1, 0.15) is 0 Å². The highest BCUT2D eigenvalue weighted by molar-refractivity contribution is 6.88. The molecular weight excluding hydrogens is 300 g/mol. The quantitative estimate of drug-likeness (QED) is 0.614. The van der Waals surface area contributed by atoms with Crippen molar-refractivity contribution < 1.29 is 4.74 Å². The van der Waals surface area contributed by atoms with E-state index in [2.05, 4.69) is 42.3 Å². The molecule has 0 unspecified atom stereocenters. The molecule has 2 aromatic heterocycles. The number of hydrogen-bond donors (Lipinski definition) is 0. The summed E-state index contributed by atoms with van der Waals surface area (Å²) in [6, 6.07) is 8.17. The maximum absolute atomic E-state index is 5.31. The summed E-state index contributed by atoms with van der Waals surface area (Å²) in [6.07, 6.45) is 5.89. The van der Waals surface area contributed by atoms with E-state index in [9.17, 15) is 0 Å². The zero-order valence-corrected chi connectivity index (χ0v) is 15.6. The van der Waals surface area contributed by atoms with E-state index in [1.165, 1.54) is 5.19 Å². The first-order valence-corrected chi connectivity index (χ1v) is 11.2. The van der Waals surface area contributed by atoms with Gasteiger partial charge in [0.15, 0.2) is 0 Å². The van der Waals surface area contributed by atoms with Crippen LogP contribution in [0.4, 0.5) is 0 Å². The Labute approximate surface area is 139 Å². The molecule has 2 aromatic rings. The van der Waals surface area contributed by atoms with Crippen molar-refractivity contribution in [1.29, 1.82) is 0 Å². The molecule has 0 aliphatic carbocycles. The van der Waals surface area contributed by atoms with Crippen LogP contribution in [-0.2, 0) is 0 Å². The van der Waals surface area contributed by atoms with E-state index < -0.39 is 8.07 Å². The van der Waals surface area contributed by atoms with Gasteiger partial charge in [-0.25, -0.2) is 4.98 Å². The molecule has 3 nitrogen and oxygen atoms in total. The molecule has 0 bridgehead atoms. The maximum atomic E-state index is 5.31. The van der Waals surface area contributed by atoms with Crippen LogP contribution < -0.4 is 9.92 Å². The summed E-state index contributed by atoms with van der Waals surface area (Å²) < 4.78 is 5.31. The van der Waals surface area contributed by atoms with Crippen LogP contribution in [0.5, 0.6) is 5.88 Å². The predicted octanol–water partition coefficient (Wildman–Crippen LogP) is 4.07. The molecule has 2 heterocycles. The molecule has 0 aliphatic rings. The maximum Gasteiger partial charge on any atom is 0.220 e. The minimum absolute atomic E-state index is 0.621. The van der Waals surface area contributed by atoms with Crippen molar-refractivity contribution in [3.63, 3.8) is 0 Å². The first-order valence-electron chi connectivity index (χ1n) is 7.67. The molecule has 2 rings (SSSR count). The number of aromatic nitrogens is 2. The highest BCUT2D eigenvalue weighted by Crippen LogP contribution is 2.19. The van der Waals surface area contributed by atoms with Crippen LogP contribution in [0.15, 0.2) is 43.1 Å². The minimum Gasteiger partial charge on any atom is -0.481 e. The Bertz CT molecular complexity index is 728. The van der Waals surface area contributed by atoms with Crippen molar-refractivity contribution in [3.8, 4) is 5.88 Å². The fourth-order valence-electron chi connectivity index (χ4n) is 2.14. The minimum atomic E-state index is -1.31. The second-order valence-electron chi connectivity index (χ2n) is 6.59. The number of nitrogens with zero attached hydrogens (tertiary/aromatic N) is 2. The molecule has 0 aliphatic heterocycles. The SMILES string of the molecule is C=C(/C=C/c1ccc(C)nc1OC)c1ccc([Si](C)(C)C)cn1. The van der Waals surface area contributed by atoms with E-state index in [-0.39, 0.29) is 0 Å². The van der Waals surface area contributed by atoms with Crippen LogP contribution in [-0.4, -0.2) is 25.2 Å². The molecule has 0 radical (unpaired) electrons. The van der Waals surface area contributed by atoms with Crippen LogP contribution in [0.25, 0.3) is 11.6 Å². The fraction of sp³-hybridized carbons (Fsp3) is 0.263. The zero-order chi connectivity index (χ0) is 17.0. The summed E-state index contributed by atoms with van der Waals surface area (Å²) in [7, 11) is 0.315. The van der Waals surface area contributed by atoms with Gasteiger partial charge >= 0.3 is 0 Å². The third kappa shape index (κ3) is 4.39. The Morgan fingerprint density at radius 1 is 1.17 bits per heavy atom. The van der Waals surface area contributed by atoms with Gasteiger partial charge in [-0.05, 0) is 42.0 Å². The van der Waals surface area contributed by atoms with Crippen molar-refractivity contribution in [3.05, 3.63) is 60.1 Å². The van der Waals surface area contributed by atoms with Crippen molar-refractivity contribution in [2.45, 2.75) is 26.6 Å². The smallest absolute Gasteiger partial charge is 0.220 e. The highest BCUT2D eigenvalue weighted by atomic mass is 28.3. The normalized spacial score (nSPS) is 11.7. The van der Waals surface area contributed by atoms with Crippen LogP contribution in [0.3, 0.4) is 0 Å². The topological polar surface area (TPSA) is 35.0 Å². The summed E-state index contributed by atoms with van der Waals surface area (Å²) in [6.45, 7) is 13.0. The van der Waals surface area contributed by atoms with E-state index in [1.54, 1.807) is 7.11 Å². The van der Waals surface area contributed by atoms with Gasteiger partial charge in [-0.15, -0.1) is 0 Å². The van der Waals surface area contributed by atoms with E-state index in [0.717, 1.165) is 22.5 Å². The lowest BCUT2D eigenvalue weighted by atomic mass is 10.1. The third-order valence-corrected chi connectivity index (χ3v) is 5.67. The first kappa shape index (κ1) is 17.2. The Morgan fingerprint density at radius 3 is 2.48 bits per heavy atom. The Kier molecular flexibility index (Phi) is 5.16. The summed E-state index contributed by atoms with van der Waals surface area (Å²) in [5.41, 5.74) is 3.62. The Morgan fingerprint density at radius 2 is 1.91 bits per heavy atom. The lowest BCUT2D eigenvalue weighted by molar-refractivity contribution is 0.396. The van der Waals surface area contributed by atoms with Crippen molar-refractivity contribution in [2.24, 2.45) is 0 Å². The van der Waals surface area contributed by atoms with Gasteiger partial charge < -0.3 is 4.74 Å². The summed E-state index contributed by atoms with van der Waals surface area (Å²) in [4.78, 5) is 8.92. The molecule has 0 N–H and O–H groups in total. The number of rotatable bonds is 5. The van der Waals surface area contributed by atoms with Crippen molar-refractivity contribution in [2.75, 3.05) is 7.11 Å². The van der Waals surface area contributed by atoms with E-state index in [4.69, 9.17) is 4.74 Å². The molecule has 120 valence electrons. The average molecular weight is 325 g/mol. The second-order valence-corrected chi connectivity index (χ2v) is 11.7. The molecule has 0 amide bonds. The monoisotopic (exact) mass is 324 g/mol. The zero-order valence-electron chi connectivity index (χ0n) is 14.6. The number of aryl methyl sites for hydroxylation is 1. The second kappa shape index (κ2) is 6.92. The Balaban J connectivity index is 2.19. The average Bonchev–Trinajstić information content (AvgIpc) is 2.52.